The number of nitrogens with zero attached hydrogens (tertiary/aromatic N) is 2. The standard InChI is InChI=1S/C25H29ClN2O4/c1-16-6-8-22(32-3)23-19(16)5-4-12-28(23)24(29)17-10-13-27(14-11-17)25(30)20-15-18(26)7-9-21(20)31-2/h6-9,15,17H,4-5,10-14H2,1-3H3. The van der Waals surface area contributed by atoms with E-state index in [1.807, 2.05) is 11.0 Å². The van der Waals surface area contributed by atoms with Gasteiger partial charge < -0.3 is 19.3 Å². The van der Waals surface area contributed by atoms with Crippen LogP contribution >= 0.6 is 11.6 Å². The molecule has 0 bridgehead atoms. The summed E-state index contributed by atoms with van der Waals surface area (Å²) in [6, 6.07) is 9.04. The van der Waals surface area contributed by atoms with Crippen LogP contribution in [0.4, 0.5) is 5.69 Å². The molecule has 1 saturated heterocycles. The van der Waals surface area contributed by atoms with Crippen LogP contribution in [0.25, 0.3) is 0 Å². The number of benzene rings is 2. The lowest BCUT2D eigenvalue weighted by Crippen LogP contribution is -2.46. The summed E-state index contributed by atoms with van der Waals surface area (Å²) in [4.78, 5) is 30.3. The first-order valence-electron chi connectivity index (χ1n) is 11.0. The fourth-order valence-corrected chi connectivity index (χ4v) is 4.98. The van der Waals surface area contributed by atoms with E-state index < -0.39 is 0 Å². The van der Waals surface area contributed by atoms with Gasteiger partial charge in [-0.05, 0) is 68.0 Å². The number of rotatable bonds is 4. The smallest absolute Gasteiger partial charge is 0.257 e. The lowest BCUT2D eigenvalue weighted by molar-refractivity contribution is -0.123. The molecule has 0 aliphatic carbocycles. The number of fused-ring (bicyclic) bond motifs is 1. The van der Waals surface area contributed by atoms with E-state index in [0.29, 0.717) is 48.8 Å². The summed E-state index contributed by atoms with van der Waals surface area (Å²) in [5.41, 5.74) is 3.76. The molecule has 4 rings (SSSR count). The second-order valence-corrected chi connectivity index (χ2v) is 8.85. The summed E-state index contributed by atoms with van der Waals surface area (Å²) in [5.74, 6) is 1.15. The quantitative estimate of drug-likeness (QED) is 0.679. The monoisotopic (exact) mass is 456 g/mol. The Morgan fingerprint density at radius 3 is 2.38 bits per heavy atom. The van der Waals surface area contributed by atoms with Gasteiger partial charge in [0.15, 0.2) is 0 Å². The average molecular weight is 457 g/mol. The van der Waals surface area contributed by atoms with E-state index in [1.165, 1.54) is 18.2 Å². The first-order valence-corrected chi connectivity index (χ1v) is 11.4. The largest absolute Gasteiger partial charge is 0.496 e. The van der Waals surface area contributed by atoms with Crippen LogP contribution in [0.3, 0.4) is 0 Å². The van der Waals surface area contributed by atoms with Gasteiger partial charge in [-0.2, -0.15) is 0 Å². The number of hydrogen-bond acceptors (Lipinski definition) is 4. The minimum absolute atomic E-state index is 0.114. The van der Waals surface area contributed by atoms with Crippen LogP contribution < -0.4 is 14.4 Å². The third-order valence-electron chi connectivity index (χ3n) is 6.57. The lowest BCUT2D eigenvalue weighted by atomic mass is 9.91. The van der Waals surface area contributed by atoms with Crippen LogP contribution in [0, 0.1) is 12.8 Å². The molecule has 7 heteroatoms. The predicted octanol–water partition coefficient (Wildman–Crippen LogP) is 4.50. The molecule has 0 unspecified atom stereocenters. The Labute approximate surface area is 194 Å². The lowest BCUT2D eigenvalue weighted by Gasteiger charge is -2.37. The molecule has 0 aromatic heterocycles. The van der Waals surface area contributed by atoms with Crippen LogP contribution in [-0.4, -0.2) is 50.6 Å². The third-order valence-corrected chi connectivity index (χ3v) is 6.80. The van der Waals surface area contributed by atoms with Crippen LogP contribution in [0.1, 0.15) is 40.7 Å². The Morgan fingerprint density at radius 2 is 1.69 bits per heavy atom. The molecule has 6 nitrogen and oxygen atoms in total. The van der Waals surface area contributed by atoms with Crippen molar-refractivity contribution in [2.45, 2.75) is 32.6 Å². The number of carbonyl (C=O) groups excluding carboxylic acids is 2. The molecule has 2 aromatic rings. The SMILES string of the molecule is COc1ccc(Cl)cc1C(=O)N1CCC(C(=O)N2CCCc3c(C)ccc(OC)c32)CC1. The molecule has 2 aromatic carbocycles. The minimum Gasteiger partial charge on any atom is -0.496 e. The normalized spacial score (nSPS) is 16.5. The summed E-state index contributed by atoms with van der Waals surface area (Å²) in [6.07, 6.45) is 3.16. The zero-order chi connectivity index (χ0) is 22.8. The maximum Gasteiger partial charge on any atom is 0.257 e. The fourth-order valence-electron chi connectivity index (χ4n) is 4.81. The van der Waals surface area contributed by atoms with E-state index >= 15 is 0 Å². The summed E-state index contributed by atoms with van der Waals surface area (Å²) < 4.78 is 10.9. The second kappa shape index (κ2) is 9.41. The number of piperidine rings is 1. The van der Waals surface area contributed by atoms with E-state index in [4.69, 9.17) is 21.1 Å². The van der Waals surface area contributed by atoms with Crippen LogP contribution in [0.2, 0.25) is 5.02 Å². The van der Waals surface area contributed by atoms with Gasteiger partial charge in [0.25, 0.3) is 5.91 Å². The highest BCUT2D eigenvalue weighted by Crippen LogP contribution is 2.39. The molecule has 0 spiro atoms. The van der Waals surface area contributed by atoms with Gasteiger partial charge in [0.1, 0.15) is 11.5 Å². The molecule has 2 heterocycles. The van der Waals surface area contributed by atoms with Gasteiger partial charge in [0.05, 0.1) is 25.5 Å². The van der Waals surface area contributed by atoms with Crippen LogP contribution in [0.5, 0.6) is 11.5 Å². The number of halogens is 1. The van der Waals surface area contributed by atoms with Crippen molar-refractivity contribution < 1.29 is 19.1 Å². The van der Waals surface area contributed by atoms with Crippen molar-refractivity contribution in [2.24, 2.45) is 5.92 Å². The number of aryl methyl sites for hydroxylation is 1. The van der Waals surface area contributed by atoms with Gasteiger partial charge in [-0.3, -0.25) is 9.59 Å². The molecule has 0 N–H and O–H groups in total. The molecule has 2 amide bonds. The van der Waals surface area contributed by atoms with E-state index in [-0.39, 0.29) is 17.7 Å². The first kappa shape index (κ1) is 22.5. The van der Waals surface area contributed by atoms with Gasteiger partial charge in [-0.1, -0.05) is 17.7 Å². The highest BCUT2D eigenvalue weighted by Gasteiger charge is 2.35. The number of methoxy groups -OCH3 is 2. The summed E-state index contributed by atoms with van der Waals surface area (Å²) in [7, 11) is 3.19. The number of likely N-dealkylation sites (tertiary alicyclic amines) is 1. The topological polar surface area (TPSA) is 59.1 Å². The van der Waals surface area contributed by atoms with E-state index in [9.17, 15) is 9.59 Å². The zero-order valence-corrected chi connectivity index (χ0v) is 19.6. The van der Waals surface area contributed by atoms with Crippen LogP contribution in [0.15, 0.2) is 30.3 Å². The van der Waals surface area contributed by atoms with Gasteiger partial charge in [-0.15, -0.1) is 0 Å². The van der Waals surface area contributed by atoms with Crippen LogP contribution in [-0.2, 0) is 11.2 Å². The van der Waals surface area contributed by atoms with Gasteiger partial charge in [0, 0.05) is 30.6 Å². The Bertz CT molecular complexity index is 1030. The highest BCUT2D eigenvalue weighted by atomic mass is 35.5. The maximum absolute atomic E-state index is 13.5. The van der Waals surface area contributed by atoms with Crippen molar-refractivity contribution >= 4 is 29.1 Å². The van der Waals surface area contributed by atoms with Crippen molar-refractivity contribution in [2.75, 3.05) is 38.8 Å². The van der Waals surface area contributed by atoms with Crippen molar-refractivity contribution in [3.8, 4) is 11.5 Å². The first-order chi connectivity index (χ1) is 15.4. The van der Waals surface area contributed by atoms with Crippen molar-refractivity contribution in [3.63, 3.8) is 0 Å². The number of carbonyl (C=O) groups is 2. The fraction of sp³-hybridized carbons (Fsp3) is 0.440. The Kier molecular flexibility index (Phi) is 6.60. The molecule has 2 aliphatic heterocycles. The van der Waals surface area contributed by atoms with Crippen molar-refractivity contribution in [3.05, 3.63) is 52.0 Å². The molecule has 1 fully saturated rings. The van der Waals surface area contributed by atoms with E-state index in [0.717, 1.165) is 24.3 Å². The van der Waals surface area contributed by atoms with Crippen molar-refractivity contribution in [1.82, 2.24) is 4.90 Å². The maximum atomic E-state index is 13.5. The zero-order valence-electron chi connectivity index (χ0n) is 18.8. The Balaban J connectivity index is 1.48. The molecule has 0 atom stereocenters. The van der Waals surface area contributed by atoms with E-state index in [1.54, 1.807) is 30.2 Å². The molecule has 0 radical (unpaired) electrons. The summed E-state index contributed by atoms with van der Waals surface area (Å²) in [6.45, 7) is 3.83. The van der Waals surface area contributed by atoms with Gasteiger partial charge in [0.2, 0.25) is 5.91 Å². The molecule has 32 heavy (non-hydrogen) atoms. The summed E-state index contributed by atoms with van der Waals surface area (Å²) >= 11 is 6.10. The number of amides is 2. The molecular formula is C25H29ClN2O4. The Morgan fingerprint density at radius 1 is 1.00 bits per heavy atom. The molecular weight excluding hydrogens is 428 g/mol. The number of ether oxygens (including phenoxy) is 2. The molecule has 2 aliphatic rings. The molecule has 0 saturated carbocycles. The predicted molar refractivity (Wildman–Crippen MR) is 125 cm³/mol. The highest BCUT2D eigenvalue weighted by molar-refractivity contribution is 6.31. The third kappa shape index (κ3) is 4.16. The second-order valence-electron chi connectivity index (χ2n) is 8.42. The minimum atomic E-state index is -0.115. The molecule has 170 valence electrons. The average Bonchev–Trinajstić information content (AvgIpc) is 2.83. The van der Waals surface area contributed by atoms with E-state index in [2.05, 4.69) is 13.0 Å². The Hall–Kier alpha value is -2.73. The van der Waals surface area contributed by atoms with Gasteiger partial charge >= 0.3 is 0 Å². The number of anilines is 1. The van der Waals surface area contributed by atoms with Gasteiger partial charge in [-0.25, -0.2) is 0 Å². The number of hydrogen-bond donors (Lipinski definition) is 0. The summed E-state index contributed by atoms with van der Waals surface area (Å²) in [5, 5.41) is 0.493. The van der Waals surface area contributed by atoms with Crippen molar-refractivity contribution in [1.29, 1.82) is 0 Å².